The SMILES string of the molecule is CCCn1c(=O)c2sccc2n2c(CCC(=O)N3CCN(c4cccc(C)c4C)CC3)nnc12. The molecule has 1 amide bonds. The number of benzene rings is 1. The van der Waals surface area contributed by atoms with Crippen molar-refractivity contribution in [3.8, 4) is 0 Å². The van der Waals surface area contributed by atoms with Gasteiger partial charge in [0.25, 0.3) is 5.56 Å². The second-order valence-electron chi connectivity index (χ2n) is 8.93. The molecule has 34 heavy (non-hydrogen) atoms. The maximum atomic E-state index is 13.0. The topological polar surface area (TPSA) is 75.7 Å². The Kier molecular flexibility index (Phi) is 6.12. The molecule has 4 aromatic rings. The molecule has 5 rings (SSSR count). The van der Waals surface area contributed by atoms with Crippen molar-refractivity contribution in [1.82, 2.24) is 24.1 Å². The summed E-state index contributed by atoms with van der Waals surface area (Å²) in [5, 5.41) is 10.6. The van der Waals surface area contributed by atoms with E-state index in [1.165, 1.54) is 28.2 Å². The number of carbonyl (C=O) groups excluding carboxylic acids is 1. The van der Waals surface area contributed by atoms with Gasteiger partial charge in [-0.05, 0) is 48.9 Å². The predicted molar refractivity (Wildman–Crippen MR) is 136 cm³/mol. The van der Waals surface area contributed by atoms with E-state index in [0.29, 0.717) is 29.9 Å². The average Bonchev–Trinajstić information content (AvgIpc) is 3.49. The third-order valence-electron chi connectivity index (χ3n) is 6.84. The van der Waals surface area contributed by atoms with Crippen molar-refractivity contribution in [2.75, 3.05) is 31.1 Å². The summed E-state index contributed by atoms with van der Waals surface area (Å²) in [6, 6.07) is 8.34. The van der Waals surface area contributed by atoms with Gasteiger partial charge in [-0.25, -0.2) is 0 Å². The number of anilines is 1. The van der Waals surface area contributed by atoms with E-state index in [2.05, 4.69) is 47.1 Å². The van der Waals surface area contributed by atoms with Crippen LogP contribution in [0.2, 0.25) is 0 Å². The number of fused-ring (bicyclic) bond motifs is 3. The molecule has 0 saturated carbocycles. The van der Waals surface area contributed by atoms with Gasteiger partial charge in [-0.3, -0.25) is 18.6 Å². The molecule has 0 unspecified atom stereocenters. The van der Waals surface area contributed by atoms with Crippen molar-refractivity contribution < 1.29 is 4.79 Å². The first-order valence-electron chi connectivity index (χ1n) is 11.9. The van der Waals surface area contributed by atoms with Gasteiger partial charge in [0, 0.05) is 51.3 Å². The normalized spacial score (nSPS) is 14.4. The maximum absolute atomic E-state index is 13.0. The summed E-state index contributed by atoms with van der Waals surface area (Å²) in [5.41, 5.74) is 4.67. The van der Waals surface area contributed by atoms with Crippen molar-refractivity contribution in [2.24, 2.45) is 0 Å². The zero-order chi connectivity index (χ0) is 23.8. The van der Waals surface area contributed by atoms with Crippen LogP contribution in [0.4, 0.5) is 5.69 Å². The third-order valence-corrected chi connectivity index (χ3v) is 7.73. The molecule has 0 spiro atoms. The van der Waals surface area contributed by atoms with Crippen molar-refractivity contribution in [3.63, 3.8) is 0 Å². The Hall–Kier alpha value is -3.20. The van der Waals surface area contributed by atoms with E-state index in [-0.39, 0.29) is 11.5 Å². The van der Waals surface area contributed by atoms with Crippen molar-refractivity contribution in [3.05, 3.63) is 57.0 Å². The lowest BCUT2D eigenvalue weighted by molar-refractivity contribution is -0.131. The van der Waals surface area contributed by atoms with Gasteiger partial charge in [0.05, 0.1) is 5.52 Å². The Balaban J connectivity index is 1.30. The monoisotopic (exact) mass is 478 g/mol. The van der Waals surface area contributed by atoms with Crippen molar-refractivity contribution >= 4 is 38.9 Å². The van der Waals surface area contributed by atoms with Crippen LogP contribution in [-0.2, 0) is 17.8 Å². The smallest absolute Gasteiger partial charge is 0.272 e. The van der Waals surface area contributed by atoms with Gasteiger partial charge >= 0.3 is 0 Å². The molecule has 1 aliphatic heterocycles. The Labute approximate surface area is 202 Å². The van der Waals surface area contributed by atoms with Crippen LogP contribution in [-0.4, -0.2) is 56.2 Å². The van der Waals surface area contributed by atoms with Crippen LogP contribution in [0.15, 0.2) is 34.4 Å². The number of nitrogens with zero attached hydrogens (tertiary/aromatic N) is 6. The summed E-state index contributed by atoms with van der Waals surface area (Å²) in [5.74, 6) is 1.42. The minimum atomic E-state index is -0.0175. The second-order valence-corrected chi connectivity index (χ2v) is 9.85. The first-order valence-corrected chi connectivity index (χ1v) is 12.8. The number of hydrogen-bond donors (Lipinski definition) is 0. The fourth-order valence-corrected chi connectivity index (χ4v) is 5.64. The maximum Gasteiger partial charge on any atom is 0.272 e. The molecule has 4 heterocycles. The van der Waals surface area contributed by atoms with Gasteiger partial charge in [-0.2, -0.15) is 0 Å². The number of thiophene rings is 1. The Morgan fingerprint density at radius 2 is 1.88 bits per heavy atom. The molecule has 0 atom stereocenters. The fourth-order valence-electron chi connectivity index (χ4n) is 4.82. The molecule has 9 heteroatoms. The molecule has 0 radical (unpaired) electrons. The van der Waals surface area contributed by atoms with Gasteiger partial charge < -0.3 is 9.80 Å². The van der Waals surface area contributed by atoms with Gasteiger partial charge in [0.1, 0.15) is 10.5 Å². The van der Waals surface area contributed by atoms with E-state index in [1.54, 1.807) is 4.57 Å². The van der Waals surface area contributed by atoms with E-state index < -0.39 is 0 Å². The molecule has 1 aliphatic rings. The van der Waals surface area contributed by atoms with Crippen molar-refractivity contribution in [1.29, 1.82) is 0 Å². The lowest BCUT2D eigenvalue weighted by Crippen LogP contribution is -2.49. The second kappa shape index (κ2) is 9.21. The van der Waals surface area contributed by atoms with Crippen LogP contribution in [0.5, 0.6) is 0 Å². The van der Waals surface area contributed by atoms with E-state index in [4.69, 9.17) is 0 Å². The number of carbonyl (C=O) groups is 1. The molecular weight excluding hydrogens is 448 g/mol. The van der Waals surface area contributed by atoms with Crippen LogP contribution in [0.3, 0.4) is 0 Å². The Morgan fingerprint density at radius 3 is 2.65 bits per heavy atom. The number of aromatic nitrogens is 4. The van der Waals surface area contributed by atoms with E-state index in [9.17, 15) is 9.59 Å². The highest BCUT2D eigenvalue weighted by molar-refractivity contribution is 7.17. The summed E-state index contributed by atoms with van der Waals surface area (Å²) >= 11 is 1.44. The fraction of sp³-hybridized carbons (Fsp3) is 0.440. The Bertz CT molecular complexity index is 1410. The number of rotatable bonds is 6. The van der Waals surface area contributed by atoms with E-state index in [0.717, 1.165) is 43.9 Å². The molecular formula is C25H30N6O2S. The number of hydrogen-bond acceptors (Lipinski definition) is 6. The average molecular weight is 479 g/mol. The summed E-state index contributed by atoms with van der Waals surface area (Å²) in [6.45, 7) is 10.0. The highest BCUT2D eigenvalue weighted by atomic mass is 32.1. The minimum Gasteiger partial charge on any atom is -0.368 e. The lowest BCUT2D eigenvalue weighted by atomic mass is 10.1. The highest BCUT2D eigenvalue weighted by Gasteiger charge is 2.23. The molecule has 1 aromatic carbocycles. The van der Waals surface area contributed by atoms with Gasteiger partial charge in [0.15, 0.2) is 0 Å². The van der Waals surface area contributed by atoms with Crippen LogP contribution in [0.25, 0.3) is 16.0 Å². The largest absolute Gasteiger partial charge is 0.368 e. The third kappa shape index (κ3) is 3.87. The molecule has 0 bridgehead atoms. The summed E-state index contributed by atoms with van der Waals surface area (Å²) in [7, 11) is 0. The molecule has 1 fully saturated rings. The minimum absolute atomic E-state index is 0.0175. The standard InChI is InChI=1S/C25H30N6O2S/c1-4-11-30-24(33)23-20(10-16-34-23)31-21(26-27-25(30)31)8-9-22(32)29-14-12-28(13-15-29)19-7-5-6-17(2)18(19)3/h5-7,10,16H,4,8-9,11-15H2,1-3H3. The van der Waals surface area contributed by atoms with Gasteiger partial charge in [0.2, 0.25) is 11.7 Å². The number of amides is 1. The van der Waals surface area contributed by atoms with Crippen LogP contribution >= 0.6 is 11.3 Å². The molecule has 8 nitrogen and oxygen atoms in total. The summed E-state index contributed by atoms with van der Waals surface area (Å²) in [4.78, 5) is 30.2. The van der Waals surface area contributed by atoms with Gasteiger partial charge in [-0.1, -0.05) is 19.1 Å². The van der Waals surface area contributed by atoms with Crippen LogP contribution < -0.4 is 10.5 Å². The van der Waals surface area contributed by atoms with E-state index in [1.807, 2.05) is 27.7 Å². The molecule has 1 saturated heterocycles. The van der Waals surface area contributed by atoms with Crippen molar-refractivity contribution in [2.45, 2.75) is 46.6 Å². The first-order chi connectivity index (χ1) is 16.5. The zero-order valence-corrected chi connectivity index (χ0v) is 20.8. The quantitative estimate of drug-likeness (QED) is 0.425. The molecule has 0 N–H and O–H groups in total. The van der Waals surface area contributed by atoms with E-state index >= 15 is 0 Å². The highest BCUT2D eigenvalue weighted by Crippen LogP contribution is 2.24. The molecule has 0 aliphatic carbocycles. The predicted octanol–water partition coefficient (Wildman–Crippen LogP) is 3.41. The number of aryl methyl sites for hydroxylation is 3. The van der Waals surface area contributed by atoms with Gasteiger partial charge in [-0.15, -0.1) is 21.5 Å². The van der Waals surface area contributed by atoms with Crippen LogP contribution in [0.1, 0.15) is 36.7 Å². The number of piperazine rings is 1. The summed E-state index contributed by atoms with van der Waals surface area (Å²) < 4.78 is 4.36. The first kappa shape index (κ1) is 22.6. The summed E-state index contributed by atoms with van der Waals surface area (Å²) in [6.07, 6.45) is 1.70. The zero-order valence-electron chi connectivity index (χ0n) is 20.0. The van der Waals surface area contributed by atoms with Crippen LogP contribution in [0, 0.1) is 13.8 Å². The Morgan fingerprint density at radius 1 is 1.09 bits per heavy atom. The molecule has 178 valence electrons. The molecule has 3 aromatic heterocycles. The lowest BCUT2D eigenvalue weighted by Gasteiger charge is -2.37.